The molecule has 0 amide bonds. The van der Waals surface area contributed by atoms with Crippen molar-refractivity contribution in [3.63, 3.8) is 0 Å². The van der Waals surface area contributed by atoms with Gasteiger partial charge in [-0.25, -0.2) is 0 Å². The van der Waals surface area contributed by atoms with Gasteiger partial charge in [0.15, 0.2) is 0 Å². The van der Waals surface area contributed by atoms with Crippen LogP contribution in [-0.4, -0.2) is 29.7 Å². The van der Waals surface area contributed by atoms with Crippen LogP contribution in [0.2, 0.25) is 6.04 Å². The summed E-state index contributed by atoms with van der Waals surface area (Å²) < 4.78 is 10.4. The molecule has 144 valence electrons. The van der Waals surface area contributed by atoms with Gasteiger partial charge in [-0.15, -0.1) is 0 Å². The molecule has 0 aliphatic heterocycles. The zero-order valence-electron chi connectivity index (χ0n) is 16.9. The number of unbranched alkanes of at least 4 members (excludes halogenated alkanes) is 15. The van der Waals surface area contributed by atoms with Crippen LogP contribution < -0.4 is 0 Å². The largest absolute Gasteiger partial charge is 0.360 e. The highest BCUT2D eigenvalue weighted by molar-refractivity contribution is 6.36. The Balaban J connectivity index is 3.03. The molecule has 24 heavy (non-hydrogen) atoms. The molecule has 0 N–H and O–H groups in total. The summed E-state index contributed by atoms with van der Waals surface area (Å²) in [4.78, 5) is 0. The summed E-state index contributed by atoms with van der Waals surface area (Å²) in [6.07, 6.45) is 23.0. The van der Waals surface area contributed by atoms with E-state index in [1.807, 2.05) is 0 Å². The fourth-order valence-corrected chi connectivity index (χ4v) is 4.18. The fraction of sp³-hybridized carbons (Fsp3) is 1.00. The number of hydrogen-bond donors (Lipinski definition) is 0. The lowest BCUT2D eigenvalue weighted by Crippen LogP contribution is -2.20. The lowest BCUT2D eigenvalue weighted by Gasteiger charge is -2.11. The molecule has 0 fully saturated rings. The Labute approximate surface area is 155 Å². The van der Waals surface area contributed by atoms with Gasteiger partial charge in [0.2, 0.25) is 0 Å². The van der Waals surface area contributed by atoms with Crippen molar-refractivity contribution in [1.82, 2.24) is 0 Å². The Morgan fingerprint density at radius 1 is 0.542 bits per heavy atom. The Bertz CT molecular complexity index is 220. The molecule has 0 bridgehead atoms. The smallest absolute Gasteiger partial charge is 0.136 e. The molecule has 2 radical (unpaired) electrons. The molecule has 0 saturated carbocycles. The molecule has 0 rings (SSSR count). The highest BCUT2D eigenvalue weighted by Gasteiger charge is 2.05. The van der Waals surface area contributed by atoms with E-state index in [1.54, 1.807) is 14.2 Å². The average molecular weight is 357 g/mol. The summed E-state index contributed by atoms with van der Waals surface area (Å²) >= 11 is 0. The number of rotatable bonds is 20. The molecular weight excluding hydrogens is 312 g/mol. The third-order valence-electron chi connectivity index (χ3n) is 4.77. The Morgan fingerprint density at radius 2 is 0.875 bits per heavy atom. The van der Waals surface area contributed by atoms with E-state index >= 15 is 0 Å². The number of methoxy groups -OCH3 is 2. The molecule has 0 atom stereocenters. The molecule has 2 nitrogen and oxygen atoms in total. The molecular formula is C21H44O2Si. The van der Waals surface area contributed by atoms with Crippen LogP contribution in [0.1, 0.15) is 110 Å². The maximum absolute atomic E-state index is 5.22. The summed E-state index contributed by atoms with van der Waals surface area (Å²) in [7, 11) is 4.25. The average Bonchev–Trinajstić information content (AvgIpc) is 2.61. The monoisotopic (exact) mass is 356 g/mol. The first-order valence-electron chi connectivity index (χ1n) is 10.6. The normalized spacial score (nSPS) is 11.5. The Kier molecular flexibility index (Phi) is 21.3. The van der Waals surface area contributed by atoms with Crippen LogP contribution in [-0.2, 0) is 9.47 Å². The summed E-state index contributed by atoms with van der Waals surface area (Å²) in [5.41, 5.74) is 0. The zero-order chi connectivity index (χ0) is 17.7. The summed E-state index contributed by atoms with van der Waals surface area (Å²) in [5, 5.41) is 0. The zero-order valence-corrected chi connectivity index (χ0v) is 17.9. The molecule has 0 aromatic carbocycles. The van der Waals surface area contributed by atoms with E-state index in [1.165, 1.54) is 109 Å². The van der Waals surface area contributed by atoms with E-state index in [-0.39, 0.29) is 5.91 Å². The van der Waals surface area contributed by atoms with E-state index < -0.39 is 0 Å². The van der Waals surface area contributed by atoms with E-state index in [0.717, 1.165) is 9.52 Å². The first kappa shape index (κ1) is 24.1. The SMILES string of the molecule is CCCCCCCCCCCCCCCCCC[Si]C(OC)OC. The second kappa shape index (κ2) is 21.2. The minimum Gasteiger partial charge on any atom is -0.360 e. The highest BCUT2D eigenvalue weighted by Crippen LogP contribution is 2.14. The predicted molar refractivity (Wildman–Crippen MR) is 108 cm³/mol. The molecule has 0 aliphatic carbocycles. The van der Waals surface area contributed by atoms with Gasteiger partial charge < -0.3 is 9.47 Å². The van der Waals surface area contributed by atoms with Crippen LogP contribution >= 0.6 is 0 Å². The van der Waals surface area contributed by atoms with E-state index in [2.05, 4.69) is 6.92 Å². The molecule has 0 aliphatic rings. The van der Waals surface area contributed by atoms with Crippen molar-refractivity contribution in [1.29, 1.82) is 0 Å². The van der Waals surface area contributed by atoms with Crippen molar-refractivity contribution in [2.24, 2.45) is 0 Å². The van der Waals surface area contributed by atoms with Gasteiger partial charge in [0.25, 0.3) is 0 Å². The number of hydrogen-bond acceptors (Lipinski definition) is 2. The van der Waals surface area contributed by atoms with Crippen molar-refractivity contribution in [2.45, 2.75) is 122 Å². The van der Waals surface area contributed by atoms with Gasteiger partial charge in [-0.1, -0.05) is 116 Å². The van der Waals surface area contributed by atoms with Gasteiger partial charge in [-0.2, -0.15) is 0 Å². The molecule has 0 heterocycles. The Morgan fingerprint density at radius 3 is 1.21 bits per heavy atom. The minimum atomic E-state index is 0.0290. The van der Waals surface area contributed by atoms with Crippen molar-refractivity contribution in [2.75, 3.05) is 14.2 Å². The first-order valence-corrected chi connectivity index (χ1v) is 11.9. The maximum atomic E-state index is 5.22. The van der Waals surface area contributed by atoms with Crippen LogP contribution in [0.4, 0.5) is 0 Å². The summed E-state index contributed by atoms with van der Waals surface area (Å²) in [5.74, 6) is 0.0290. The van der Waals surface area contributed by atoms with Gasteiger partial charge in [0.1, 0.15) is 15.4 Å². The van der Waals surface area contributed by atoms with Crippen molar-refractivity contribution in [3.8, 4) is 0 Å². The predicted octanol–water partition coefficient (Wildman–Crippen LogP) is 6.95. The van der Waals surface area contributed by atoms with Gasteiger partial charge in [-0.05, 0) is 0 Å². The molecule has 0 saturated heterocycles. The fourth-order valence-electron chi connectivity index (χ4n) is 3.16. The van der Waals surface area contributed by atoms with Crippen LogP contribution in [0.25, 0.3) is 0 Å². The molecule has 0 aromatic rings. The topological polar surface area (TPSA) is 18.5 Å². The van der Waals surface area contributed by atoms with Crippen molar-refractivity contribution < 1.29 is 9.47 Å². The summed E-state index contributed by atoms with van der Waals surface area (Å²) in [6, 6.07) is 1.25. The van der Waals surface area contributed by atoms with Crippen LogP contribution in [0.5, 0.6) is 0 Å². The van der Waals surface area contributed by atoms with Gasteiger partial charge >= 0.3 is 0 Å². The summed E-state index contributed by atoms with van der Waals surface area (Å²) in [6.45, 7) is 2.29. The Hall–Kier alpha value is 0.137. The van der Waals surface area contributed by atoms with E-state index in [0.29, 0.717) is 0 Å². The van der Waals surface area contributed by atoms with Crippen molar-refractivity contribution >= 4 is 9.52 Å². The van der Waals surface area contributed by atoms with E-state index in [9.17, 15) is 0 Å². The molecule has 0 aromatic heterocycles. The maximum Gasteiger partial charge on any atom is 0.136 e. The highest BCUT2D eigenvalue weighted by atomic mass is 28.2. The van der Waals surface area contributed by atoms with Gasteiger partial charge in [-0.3, -0.25) is 0 Å². The van der Waals surface area contributed by atoms with Gasteiger partial charge in [0.05, 0.1) is 0 Å². The minimum absolute atomic E-state index is 0.0290. The number of ether oxygens (including phenoxy) is 2. The van der Waals surface area contributed by atoms with Gasteiger partial charge in [0, 0.05) is 14.2 Å². The van der Waals surface area contributed by atoms with Crippen molar-refractivity contribution in [3.05, 3.63) is 0 Å². The second-order valence-electron chi connectivity index (χ2n) is 7.06. The molecule has 0 unspecified atom stereocenters. The second-order valence-corrected chi connectivity index (χ2v) is 8.44. The standard InChI is InChI=1S/C21H44O2Si/c1-4-5-6-7-8-9-10-11-12-13-14-15-16-17-18-19-20-24-21(22-2)23-3/h21H,4-20H2,1-3H3. The van der Waals surface area contributed by atoms with Crippen LogP contribution in [0, 0.1) is 0 Å². The lowest BCUT2D eigenvalue weighted by atomic mass is 10.0. The quantitative estimate of drug-likeness (QED) is 0.133. The lowest BCUT2D eigenvalue weighted by molar-refractivity contribution is -0.0441. The third kappa shape index (κ3) is 18.5. The first-order chi connectivity index (χ1) is 11.8. The molecule has 3 heteroatoms. The molecule has 0 spiro atoms. The third-order valence-corrected chi connectivity index (χ3v) is 6.22. The van der Waals surface area contributed by atoms with E-state index in [4.69, 9.17) is 9.47 Å². The van der Waals surface area contributed by atoms with Crippen LogP contribution in [0.15, 0.2) is 0 Å². The van der Waals surface area contributed by atoms with Crippen LogP contribution in [0.3, 0.4) is 0 Å².